The summed E-state index contributed by atoms with van der Waals surface area (Å²) in [6, 6.07) is 0. The number of hydrogen-bond donors (Lipinski definition) is 0. The molecule has 0 N–H and O–H groups in total. The van der Waals surface area contributed by atoms with Gasteiger partial charge in [0.25, 0.3) is 0 Å². The van der Waals surface area contributed by atoms with Crippen molar-refractivity contribution in [3.05, 3.63) is 0 Å². The normalized spacial score (nSPS) is 19.8. The maximum atomic E-state index is 5.37. The van der Waals surface area contributed by atoms with Gasteiger partial charge < -0.3 is 4.74 Å². The van der Waals surface area contributed by atoms with Crippen molar-refractivity contribution in [1.29, 1.82) is 0 Å². The monoisotopic (exact) mass is 171 g/mol. The Hall–Kier alpha value is -0.0800. The summed E-state index contributed by atoms with van der Waals surface area (Å²) in [5.41, 5.74) is 0. The van der Waals surface area contributed by atoms with Crippen LogP contribution in [0.1, 0.15) is 39.0 Å². The fraction of sp³-hybridized carbons (Fsp3) is 1.00. The first-order valence-corrected chi connectivity index (χ1v) is 5.23. The molecule has 0 aliphatic carbocycles. The summed E-state index contributed by atoms with van der Waals surface area (Å²) in [7, 11) is 0. The molecular formula is C10H21NO. The van der Waals surface area contributed by atoms with E-state index in [1.807, 2.05) is 0 Å². The molecule has 0 amide bonds. The van der Waals surface area contributed by atoms with Crippen molar-refractivity contribution in [2.24, 2.45) is 0 Å². The van der Waals surface area contributed by atoms with E-state index in [1.54, 1.807) is 0 Å². The van der Waals surface area contributed by atoms with Crippen molar-refractivity contribution >= 4 is 0 Å². The molecule has 2 heteroatoms. The molecule has 2 nitrogen and oxygen atoms in total. The van der Waals surface area contributed by atoms with Crippen molar-refractivity contribution in [2.45, 2.75) is 39.0 Å². The van der Waals surface area contributed by atoms with E-state index < -0.39 is 0 Å². The van der Waals surface area contributed by atoms with Gasteiger partial charge in [0.1, 0.15) is 0 Å². The van der Waals surface area contributed by atoms with E-state index in [-0.39, 0.29) is 0 Å². The molecule has 1 saturated heterocycles. The lowest BCUT2D eigenvalue weighted by Crippen LogP contribution is -2.33. The van der Waals surface area contributed by atoms with Crippen LogP contribution >= 0.6 is 0 Å². The van der Waals surface area contributed by atoms with Gasteiger partial charge in [0.05, 0.1) is 6.73 Å². The molecule has 1 aliphatic rings. The van der Waals surface area contributed by atoms with Crippen LogP contribution in [0.4, 0.5) is 0 Å². The van der Waals surface area contributed by atoms with E-state index in [9.17, 15) is 0 Å². The van der Waals surface area contributed by atoms with Gasteiger partial charge in [0, 0.05) is 19.7 Å². The molecule has 0 aromatic rings. The first-order valence-electron chi connectivity index (χ1n) is 5.23. The summed E-state index contributed by atoms with van der Waals surface area (Å²) in [5.74, 6) is 0. The quantitative estimate of drug-likeness (QED) is 0.588. The van der Waals surface area contributed by atoms with Crippen molar-refractivity contribution in [1.82, 2.24) is 4.90 Å². The molecule has 0 atom stereocenters. The number of ether oxygens (including phenoxy) is 1. The average molecular weight is 171 g/mol. The zero-order valence-electron chi connectivity index (χ0n) is 8.22. The van der Waals surface area contributed by atoms with Gasteiger partial charge in [-0.2, -0.15) is 0 Å². The highest BCUT2D eigenvalue weighted by molar-refractivity contribution is 4.57. The van der Waals surface area contributed by atoms with Crippen LogP contribution in [0, 0.1) is 0 Å². The Morgan fingerprint density at radius 1 is 1.25 bits per heavy atom. The molecule has 0 saturated carbocycles. The van der Waals surface area contributed by atoms with Crippen LogP contribution in [-0.4, -0.2) is 31.3 Å². The van der Waals surface area contributed by atoms with E-state index in [1.165, 1.54) is 45.2 Å². The van der Waals surface area contributed by atoms with Gasteiger partial charge in [0.2, 0.25) is 0 Å². The predicted molar refractivity (Wildman–Crippen MR) is 51.2 cm³/mol. The van der Waals surface area contributed by atoms with E-state index in [4.69, 9.17) is 4.74 Å². The fourth-order valence-electron chi connectivity index (χ4n) is 1.59. The molecule has 12 heavy (non-hydrogen) atoms. The largest absolute Gasteiger partial charge is 0.366 e. The minimum absolute atomic E-state index is 0.867. The molecule has 72 valence electrons. The highest BCUT2D eigenvalue weighted by Gasteiger charge is 2.08. The molecule has 0 radical (unpaired) electrons. The van der Waals surface area contributed by atoms with Crippen molar-refractivity contribution in [2.75, 3.05) is 26.4 Å². The molecule has 0 aromatic carbocycles. The number of hydrogen-bond acceptors (Lipinski definition) is 2. The Morgan fingerprint density at radius 3 is 2.83 bits per heavy atom. The van der Waals surface area contributed by atoms with Gasteiger partial charge in [-0.05, 0) is 12.8 Å². The second kappa shape index (κ2) is 6.44. The third-order valence-corrected chi connectivity index (χ3v) is 2.36. The Labute approximate surface area is 75.9 Å². The van der Waals surface area contributed by atoms with E-state index in [0.717, 1.165) is 13.3 Å². The Bertz CT molecular complexity index is 100. The van der Waals surface area contributed by atoms with Gasteiger partial charge in [-0.3, -0.25) is 4.90 Å². The summed E-state index contributed by atoms with van der Waals surface area (Å²) in [5, 5.41) is 0. The van der Waals surface area contributed by atoms with Gasteiger partial charge in [-0.15, -0.1) is 0 Å². The third kappa shape index (κ3) is 4.07. The highest BCUT2D eigenvalue weighted by Crippen LogP contribution is 2.05. The molecular weight excluding hydrogens is 150 g/mol. The highest BCUT2D eigenvalue weighted by atomic mass is 16.5. The molecule has 0 aromatic heterocycles. The molecule has 0 bridgehead atoms. The topological polar surface area (TPSA) is 12.5 Å². The molecule has 1 fully saturated rings. The SMILES string of the molecule is CCCCCCN1CCCOC1. The second-order valence-corrected chi connectivity index (χ2v) is 3.57. The number of nitrogens with zero attached hydrogens (tertiary/aromatic N) is 1. The van der Waals surface area contributed by atoms with Crippen LogP contribution in [0.25, 0.3) is 0 Å². The Balaban J connectivity index is 1.91. The molecule has 0 unspecified atom stereocenters. The van der Waals surface area contributed by atoms with Gasteiger partial charge >= 0.3 is 0 Å². The summed E-state index contributed by atoms with van der Waals surface area (Å²) in [4.78, 5) is 2.42. The van der Waals surface area contributed by atoms with Gasteiger partial charge in [-0.25, -0.2) is 0 Å². The maximum absolute atomic E-state index is 5.37. The fourth-order valence-corrected chi connectivity index (χ4v) is 1.59. The third-order valence-electron chi connectivity index (χ3n) is 2.36. The van der Waals surface area contributed by atoms with E-state index in [2.05, 4.69) is 11.8 Å². The lowest BCUT2D eigenvalue weighted by atomic mass is 10.2. The predicted octanol–water partition coefficient (Wildman–Crippen LogP) is 2.25. The molecule has 1 aliphatic heterocycles. The summed E-state index contributed by atoms with van der Waals surface area (Å²) >= 11 is 0. The van der Waals surface area contributed by atoms with Crippen molar-refractivity contribution in [3.8, 4) is 0 Å². The summed E-state index contributed by atoms with van der Waals surface area (Å²) in [6.07, 6.45) is 6.66. The lowest BCUT2D eigenvalue weighted by molar-refractivity contribution is -0.0138. The Morgan fingerprint density at radius 2 is 2.17 bits per heavy atom. The van der Waals surface area contributed by atoms with Crippen LogP contribution < -0.4 is 0 Å². The van der Waals surface area contributed by atoms with Crippen LogP contribution in [0.3, 0.4) is 0 Å². The summed E-state index contributed by atoms with van der Waals surface area (Å²) < 4.78 is 5.37. The van der Waals surface area contributed by atoms with Crippen molar-refractivity contribution < 1.29 is 4.74 Å². The average Bonchev–Trinajstić information content (AvgIpc) is 2.14. The van der Waals surface area contributed by atoms with Crippen LogP contribution in [0.5, 0.6) is 0 Å². The molecule has 0 spiro atoms. The van der Waals surface area contributed by atoms with E-state index in [0.29, 0.717) is 0 Å². The maximum Gasteiger partial charge on any atom is 0.0990 e. The van der Waals surface area contributed by atoms with Crippen LogP contribution in [0.15, 0.2) is 0 Å². The van der Waals surface area contributed by atoms with Crippen LogP contribution in [-0.2, 0) is 4.74 Å². The summed E-state index contributed by atoms with van der Waals surface area (Å²) in [6.45, 7) is 6.56. The minimum Gasteiger partial charge on any atom is -0.366 e. The number of rotatable bonds is 5. The first-order chi connectivity index (χ1) is 5.93. The number of unbranched alkanes of at least 4 members (excludes halogenated alkanes) is 3. The smallest absolute Gasteiger partial charge is 0.0990 e. The Kier molecular flexibility index (Phi) is 5.37. The zero-order valence-corrected chi connectivity index (χ0v) is 8.22. The molecule has 1 rings (SSSR count). The van der Waals surface area contributed by atoms with E-state index >= 15 is 0 Å². The van der Waals surface area contributed by atoms with Gasteiger partial charge in [-0.1, -0.05) is 26.2 Å². The van der Waals surface area contributed by atoms with Crippen LogP contribution in [0.2, 0.25) is 0 Å². The lowest BCUT2D eigenvalue weighted by Gasteiger charge is -2.26. The second-order valence-electron chi connectivity index (χ2n) is 3.57. The first kappa shape index (κ1) is 10.0. The van der Waals surface area contributed by atoms with Crippen molar-refractivity contribution in [3.63, 3.8) is 0 Å². The minimum atomic E-state index is 0.867. The standard InChI is InChI=1S/C10H21NO/c1-2-3-4-5-7-11-8-6-9-12-10-11/h2-10H2,1H3. The van der Waals surface area contributed by atoms with Gasteiger partial charge in [0.15, 0.2) is 0 Å². The molecule has 1 heterocycles. The zero-order chi connectivity index (χ0) is 8.65.